The van der Waals surface area contributed by atoms with Crippen LogP contribution in [0, 0.1) is 0 Å². The minimum absolute atomic E-state index is 0.0688. The van der Waals surface area contributed by atoms with Gasteiger partial charge in [0.2, 0.25) is 0 Å². The first-order valence-electron chi connectivity index (χ1n) is 5.31. The molecule has 15 heavy (non-hydrogen) atoms. The summed E-state index contributed by atoms with van der Waals surface area (Å²) < 4.78 is 6.75. The normalized spacial score (nSPS) is 15.9. The highest BCUT2D eigenvalue weighted by Crippen LogP contribution is 2.40. The maximum Gasteiger partial charge on any atom is 0.127 e. The van der Waals surface area contributed by atoms with Gasteiger partial charge in [0.05, 0.1) is 12.0 Å². The molecule has 0 amide bonds. The van der Waals surface area contributed by atoms with E-state index in [2.05, 4.69) is 35.0 Å². The van der Waals surface area contributed by atoms with Crippen LogP contribution in [0.3, 0.4) is 0 Å². The van der Waals surface area contributed by atoms with Crippen molar-refractivity contribution in [2.24, 2.45) is 0 Å². The highest BCUT2D eigenvalue weighted by Gasteiger charge is 2.21. The van der Waals surface area contributed by atoms with Crippen molar-refractivity contribution in [1.29, 1.82) is 0 Å². The van der Waals surface area contributed by atoms with E-state index in [0.717, 1.165) is 41.7 Å². The maximum atomic E-state index is 6.36. The molecule has 0 saturated carbocycles. The van der Waals surface area contributed by atoms with E-state index in [-0.39, 0.29) is 5.38 Å². The molecule has 1 aliphatic heterocycles. The molecule has 1 atom stereocenters. The number of rotatable bonds is 3. The highest BCUT2D eigenvalue weighted by molar-refractivity contribution is 9.10. The lowest BCUT2D eigenvalue weighted by Crippen LogP contribution is -1.95. The van der Waals surface area contributed by atoms with Crippen LogP contribution in [-0.2, 0) is 6.42 Å². The summed E-state index contributed by atoms with van der Waals surface area (Å²) >= 11 is 9.88. The second-order valence-electron chi connectivity index (χ2n) is 3.84. The maximum absolute atomic E-state index is 6.36. The first-order chi connectivity index (χ1) is 7.22. The van der Waals surface area contributed by atoms with Gasteiger partial charge >= 0.3 is 0 Å². The number of benzene rings is 1. The van der Waals surface area contributed by atoms with Crippen molar-refractivity contribution in [1.82, 2.24) is 0 Å². The van der Waals surface area contributed by atoms with Crippen LogP contribution in [0.2, 0.25) is 0 Å². The summed E-state index contributed by atoms with van der Waals surface area (Å²) in [7, 11) is 0. The largest absolute Gasteiger partial charge is 0.493 e. The van der Waals surface area contributed by atoms with E-state index in [0.29, 0.717) is 0 Å². The predicted octanol–water partition coefficient (Wildman–Crippen LogP) is 4.46. The van der Waals surface area contributed by atoms with Crippen LogP contribution >= 0.6 is 27.5 Å². The Balaban J connectivity index is 2.37. The third-order valence-corrected chi connectivity index (χ3v) is 3.57. The SMILES string of the molecule is CCCC(Cl)c1cc(Br)cc2c1OCC2. The van der Waals surface area contributed by atoms with Crippen molar-refractivity contribution in [3.8, 4) is 5.75 Å². The zero-order chi connectivity index (χ0) is 10.8. The van der Waals surface area contributed by atoms with E-state index < -0.39 is 0 Å². The number of alkyl halides is 1. The quantitative estimate of drug-likeness (QED) is 0.746. The van der Waals surface area contributed by atoms with Crippen LogP contribution < -0.4 is 4.74 Å². The second-order valence-corrected chi connectivity index (χ2v) is 5.28. The van der Waals surface area contributed by atoms with Crippen molar-refractivity contribution in [2.75, 3.05) is 6.61 Å². The summed E-state index contributed by atoms with van der Waals surface area (Å²) in [6.07, 6.45) is 3.08. The van der Waals surface area contributed by atoms with Crippen LogP contribution in [0.5, 0.6) is 5.75 Å². The zero-order valence-corrected chi connectivity index (χ0v) is 11.1. The van der Waals surface area contributed by atoms with E-state index in [1.807, 2.05) is 0 Å². The van der Waals surface area contributed by atoms with Crippen molar-refractivity contribution in [3.63, 3.8) is 0 Å². The standard InChI is InChI=1S/C12H14BrClO/c1-2-3-11(14)10-7-9(13)6-8-4-5-15-12(8)10/h6-7,11H,2-5H2,1H3. The summed E-state index contributed by atoms with van der Waals surface area (Å²) in [5.74, 6) is 1.02. The summed E-state index contributed by atoms with van der Waals surface area (Å²) in [5, 5.41) is 0.0688. The summed E-state index contributed by atoms with van der Waals surface area (Å²) in [4.78, 5) is 0. The van der Waals surface area contributed by atoms with Gasteiger partial charge in [0, 0.05) is 16.5 Å². The van der Waals surface area contributed by atoms with E-state index in [1.165, 1.54) is 5.56 Å². The van der Waals surface area contributed by atoms with Gasteiger partial charge in [-0.15, -0.1) is 11.6 Å². The van der Waals surface area contributed by atoms with Gasteiger partial charge in [0.15, 0.2) is 0 Å². The fourth-order valence-corrected chi connectivity index (χ4v) is 2.84. The molecule has 0 spiro atoms. The van der Waals surface area contributed by atoms with Crippen LogP contribution in [0.25, 0.3) is 0 Å². The van der Waals surface area contributed by atoms with Gasteiger partial charge in [0.25, 0.3) is 0 Å². The number of halogens is 2. The third-order valence-electron chi connectivity index (χ3n) is 2.66. The molecule has 0 radical (unpaired) electrons. The molecule has 82 valence electrons. The Kier molecular flexibility index (Phi) is 3.57. The average Bonchev–Trinajstić information content (AvgIpc) is 2.64. The zero-order valence-electron chi connectivity index (χ0n) is 8.72. The van der Waals surface area contributed by atoms with E-state index in [4.69, 9.17) is 16.3 Å². The molecule has 0 aliphatic carbocycles. The number of hydrogen-bond donors (Lipinski definition) is 0. The van der Waals surface area contributed by atoms with Crippen molar-refractivity contribution in [3.05, 3.63) is 27.7 Å². The van der Waals surface area contributed by atoms with Crippen LogP contribution in [0.4, 0.5) is 0 Å². The molecule has 2 rings (SSSR count). The Morgan fingerprint density at radius 2 is 2.33 bits per heavy atom. The highest BCUT2D eigenvalue weighted by atomic mass is 79.9. The molecule has 0 aromatic heterocycles. The molecule has 3 heteroatoms. The molecule has 1 nitrogen and oxygen atoms in total. The summed E-state index contributed by atoms with van der Waals surface area (Å²) in [6, 6.07) is 4.21. The molecular weight excluding hydrogens is 275 g/mol. The molecule has 0 fully saturated rings. The molecule has 0 N–H and O–H groups in total. The van der Waals surface area contributed by atoms with Gasteiger partial charge in [-0.3, -0.25) is 0 Å². The fourth-order valence-electron chi connectivity index (χ4n) is 1.94. The fraction of sp³-hybridized carbons (Fsp3) is 0.500. The third kappa shape index (κ3) is 2.31. The van der Waals surface area contributed by atoms with E-state index >= 15 is 0 Å². The first kappa shape index (κ1) is 11.3. The molecule has 0 saturated heterocycles. The number of fused-ring (bicyclic) bond motifs is 1. The smallest absolute Gasteiger partial charge is 0.127 e. The Morgan fingerprint density at radius 1 is 1.53 bits per heavy atom. The van der Waals surface area contributed by atoms with E-state index in [1.54, 1.807) is 0 Å². The van der Waals surface area contributed by atoms with Gasteiger partial charge in [-0.1, -0.05) is 29.3 Å². The van der Waals surface area contributed by atoms with Crippen LogP contribution in [0.1, 0.15) is 36.3 Å². The van der Waals surface area contributed by atoms with Crippen molar-refractivity contribution < 1.29 is 4.74 Å². The Bertz CT molecular complexity index is 365. The van der Waals surface area contributed by atoms with Gasteiger partial charge in [-0.25, -0.2) is 0 Å². The summed E-state index contributed by atoms with van der Waals surface area (Å²) in [6.45, 7) is 2.93. The molecule has 1 unspecified atom stereocenters. The number of ether oxygens (including phenoxy) is 1. The minimum Gasteiger partial charge on any atom is -0.493 e. The second kappa shape index (κ2) is 4.75. The van der Waals surface area contributed by atoms with Gasteiger partial charge in [-0.2, -0.15) is 0 Å². The van der Waals surface area contributed by atoms with Gasteiger partial charge in [0.1, 0.15) is 5.75 Å². The lowest BCUT2D eigenvalue weighted by atomic mass is 10.0. The lowest BCUT2D eigenvalue weighted by molar-refractivity contribution is 0.352. The average molecular weight is 290 g/mol. The Hall–Kier alpha value is -0.210. The molecular formula is C12H14BrClO. The predicted molar refractivity (Wildman–Crippen MR) is 66.8 cm³/mol. The van der Waals surface area contributed by atoms with Gasteiger partial charge < -0.3 is 4.74 Å². The topological polar surface area (TPSA) is 9.23 Å². The molecule has 1 aliphatic rings. The van der Waals surface area contributed by atoms with Crippen molar-refractivity contribution >= 4 is 27.5 Å². The van der Waals surface area contributed by atoms with Crippen molar-refractivity contribution in [2.45, 2.75) is 31.6 Å². The Labute approximate surface area is 104 Å². The molecule has 0 bridgehead atoms. The van der Waals surface area contributed by atoms with Gasteiger partial charge in [-0.05, 0) is 24.1 Å². The van der Waals surface area contributed by atoms with Crippen LogP contribution in [0.15, 0.2) is 16.6 Å². The van der Waals surface area contributed by atoms with Crippen LogP contribution in [-0.4, -0.2) is 6.61 Å². The molecule has 1 aromatic rings. The first-order valence-corrected chi connectivity index (χ1v) is 6.54. The number of hydrogen-bond acceptors (Lipinski definition) is 1. The summed E-state index contributed by atoms with van der Waals surface area (Å²) in [5.41, 5.74) is 2.42. The Morgan fingerprint density at radius 3 is 3.07 bits per heavy atom. The van der Waals surface area contributed by atoms with E-state index in [9.17, 15) is 0 Å². The minimum atomic E-state index is 0.0688. The lowest BCUT2D eigenvalue weighted by Gasteiger charge is -2.13. The molecule has 1 heterocycles. The monoisotopic (exact) mass is 288 g/mol. The molecule has 1 aromatic carbocycles.